The van der Waals surface area contributed by atoms with Gasteiger partial charge in [-0.3, -0.25) is 4.79 Å². The van der Waals surface area contributed by atoms with Gasteiger partial charge in [0, 0.05) is 17.1 Å². The highest BCUT2D eigenvalue weighted by atomic mass is 35.5. The Balaban J connectivity index is 0.00000163. The predicted octanol–water partition coefficient (Wildman–Crippen LogP) is 5.33. The summed E-state index contributed by atoms with van der Waals surface area (Å²) >= 11 is 5.66. The van der Waals surface area contributed by atoms with Crippen LogP contribution in [0, 0.1) is 12.7 Å². The van der Waals surface area contributed by atoms with E-state index in [0.717, 1.165) is 6.07 Å². The number of carbonyl (C=O) groups is 1. The van der Waals surface area contributed by atoms with Crippen LogP contribution in [0.1, 0.15) is 29.8 Å². The quantitative estimate of drug-likeness (QED) is 0.608. The van der Waals surface area contributed by atoms with E-state index < -0.39 is 24.7 Å². The summed E-state index contributed by atoms with van der Waals surface area (Å²) in [5.41, 5.74) is 7.38. The van der Waals surface area contributed by atoms with E-state index in [1.54, 1.807) is 6.92 Å². The van der Waals surface area contributed by atoms with Crippen molar-refractivity contribution in [2.45, 2.75) is 27.2 Å². The van der Waals surface area contributed by atoms with Crippen molar-refractivity contribution < 1.29 is 18.0 Å². The van der Waals surface area contributed by atoms with E-state index in [0.29, 0.717) is 11.3 Å². The van der Waals surface area contributed by atoms with Gasteiger partial charge in [-0.15, -0.1) is 0 Å². The number of nitrogen functional groups attached to an aromatic ring is 1. The molecule has 0 aliphatic carbocycles. The van der Waals surface area contributed by atoms with Gasteiger partial charge in [0.1, 0.15) is 5.82 Å². The molecule has 4 N–H and O–H groups in total. The third-order valence-corrected chi connectivity index (χ3v) is 3.56. The molecule has 142 valence electrons. The summed E-state index contributed by atoms with van der Waals surface area (Å²) in [6.07, 6.45) is -2.57. The number of alkyl halides is 2. The Morgan fingerprint density at radius 2 is 1.88 bits per heavy atom. The largest absolute Gasteiger partial charge is 0.398 e. The number of nitrogens with one attached hydrogen (secondary N) is 2. The molecule has 0 atom stereocenters. The highest BCUT2D eigenvalue weighted by Gasteiger charge is 2.15. The van der Waals surface area contributed by atoms with Gasteiger partial charge in [0.25, 0.3) is 12.3 Å². The minimum atomic E-state index is -2.57. The molecule has 0 saturated carbocycles. The Hall–Kier alpha value is -2.41. The van der Waals surface area contributed by atoms with E-state index >= 15 is 0 Å². The molecule has 0 aliphatic rings. The average molecular weight is 388 g/mol. The number of aryl methyl sites for hydroxylation is 1. The fourth-order valence-corrected chi connectivity index (χ4v) is 2.20. The van der Waals surface area contributed by atoms with Gasteiger partial charge in [-0.05, 0) is 42.8 Å². The van der Waals surface area contributed by atoms with Crippen LogP contribution in [0.3, 0.4) is 0 Å². The van der Waals surface area contributed by atoms with Crippen LogP contribution in [-0.2, 0) is 0 Å². The number of benzene rings is 2. The number of hydrogen-bond acceptors (Lipinski definition) is 3. The lowest BCUT2D eigenvalue weighted by molar-refractivity contribution is 0.102. The van der Waals surface area contributed by atoms with Crippen molar-refractivity contribution in [3.05, 3.63) is 52.3 Å². The van der Waals surface area contributed by atoms with Crippen molar-refractivity contribution in [3.63, 3.8) is 0 Å². The van der Waals surface area contributed by atoms with E-state index in [1.807, 2.05) is 13.8 Å². The highest BCUT2D eigenvalue weighted by molar-refractivity contribution is 6.31. The Morgan fingerprint density at radius 3 is 2.46 bits per heavy atom. The summed E-state index contributed by atoms with van der Waals surface area (Å²) in [7, 11) is 0. The number of rotatable bonds is 5. The van der Waals surface area contributed by atoms with Gasteiger partial charge in [0.15, 0.2) is 0 Å². The second-order valence-corrected chi connectivity index (χ2v) is 5.52. The zero-order valence-corrected chi connectivity index (χ0v) is 15.4. The highest BCUT2D eigenvalue weighted by Crippen LogP contribution is 2.25. The van der Waals surface area contributed by atoms with Crippen molar-refractivity contribution in [1.29, 1.82) is 0 Å². The van der Waals surface area contributed by atoms with Gasteiger partial charge < -0.3 is 16.4 Å². The van der Waals surface area contributed by atoms with Gasteiger partial charge in [-0.2, -0.15) is 0 Å². The lowest BCUT2D eigenvalue weighted by Crippen LogP contribution is -2.18. The molecule has 0 aromatic heterocycles. The summed E-state index contributed by atoms with van der Waals surface area (Å²) in [5, 5.41) is 4.90. The number of halogens is 4. The molecule has 26 heavy (non-hydrogen) atoms. The summed E-state index contributed by atoms with van der Waals surface area (Å²) in [6.45, 7) is 5.09. The predicted molar refractivity (Wildman–Crippen MR) is 101 cm³/mol. The third-order valence-electron chi connectivity index (χ3n) is 3.28. The van der Waals surface area contributed by atoms with E-state index in [4.69, 9.17) is 17.3 Å². The molecule has 1 amide bonds. The van der Waals surface area contributed by atoms with Gasteiger partial charge in [-0.25, -0.2) is 13.2 Å². The molecule has 2 rings (SSSR count). The number of anilines is 3. The van der Waals surface area contributed by atoms with Gasteiger partial charge in [-0.1, -0.05) is 25.4 Å². The first-order valence-electron chi connectivity index (χ1n) is 7.96. The third kappa shape index (κ3) is 5.84. The first-order chi connectivity index (χ1) is 12.3. The van der Waals surface area contributed by atoms with Crippen molar-refractivity contribution in [1.82, 2.24) is 0 Å². The van der Waals surface area contributed by atoms with Crippen molar-refractivity contribution >= 4 is 34.6 Å². The molecular weight excluding hydrogens is 367 g/mol. The number of amides is 1. The van der Waals surface area contributed by atoms with Gasteiger partial charge >= 0.3 is 0 Å². The Bertz CT molecular complexity index is 770. The summed E-state index contributed by atoms with van der Waals surface area (Å²) in [5.74, 6) is -1.20. The maximum atomic E-state index is 13.2. The molecule has 2 aromatic rings. The van der Waals surface area contributed by atoms with Crippen LogP contribution in [0.2, 0.25) is 5.02 Å². The molecule has 0 saturated heterocycles. The van der Waals surface area contributed by atoms with E-state index in [9.17, 15) is 18.0 Å². The fraction of sp³-hybridized carbons (Fsp3) is 0.278. The Labute approximate surface area is 155 Å². The average Bonchev–Trinajstić information content (AvgIpc) is 2.60. The smallest absolute Gasteiger partial charge is 0.257 e. The summed E-state index contributed by atoms with van der Waals surface area (Å²) in [6, 6.07) is 6.60. The standard InChI is InChI=1S/C16H15ClF3N3O.C2H6/c1-8-4-14(22-7-15(19)20)10(6-13(8)21)16(24)23-9-2-3-12(18)11(17)5-9;1-2/h2-6,15,22H,7,21H2,1H3,(H,23,24);1-2H3. The summed E-state index contributed by atoms with van der Waals surface area (Å²) < 4.78 is 38.0. The van der Waals surface area contributed by atoms with Crippen molar-refractivity contribution in [3.8, 4) is 0 Å². The minimum absolute atomic E-state index is 0.0965. The van der Waals surface area contributed by atoms with Gasteiger partial charge in [0.05, 0.1) is 17.1 Å². The lowest BCUT2D eigenvalue weighted by atomic mass is 10.1. The Kier molecular flexibility index (Phi) is 8.25. The maximum absolute atomic E-state index is 13.2. The van der Waals surface area contributed by atoms with Crippen molar-refractivity contribution in [2.24, 2.45) is 0 Å². The molecule has 0 spiro atoms. The van der Waals surface area contributed by atoms with Crippen LogP contribution in [0.5, 0.6) is 0 Å². The minimum Gasteiger partial charge on any atom is -0.398 e. The lowest BCUT2D eigenvalue weighted by Gasteiger charge is -2.15. The molecule has 0 aliphatic heterocycles. The van der Waals surface area contributed by atoms with E-state index in [1.165, 1.54) is 24.3 Å². The number of nitrogens with two attached hydrogens (primary N) is 1. The molecule has 2 aromatic carbocycles. The first kappa shape index (κ1) is 21.6. The molecular formula is C18H21ClF3N3O. The fourth-order valence-electron chi connectivity index (χ4n) is 2.02. The molecule has 0 fully saturated rings. The molecule has 0 bridgehead atoms. The number of hydrogen-bond donors (Lipinski definition) is 3. The SMILES string of the molecule is CC.Cc1cc(NCC(F)F)c(C(=O)Nc2ccc(F)c(Cl)c2)cc1N. The maximum Gasteiger partial charge on any atom is 0.257 e. The van der Waals surface area contributed by atoms with E-state index in [2.05, 4.69) is 10.6 Å². The van der Waals surface area contributed by atoms with Crippen LogP contribution in [-0.4, -0.2) is 18.9 Å². The van der Waals surface area contributed by atoms with Crippen LogP contribution < -0.4 is 16.4 Å². The normalized spacial score (nSPS) is 10.2. The van der Waals surface area contributed by atoms with E-state index in [-0.39, 0.29) is 22.0 Å². The molecule has 0 radical (unpaired) electrons. The van der Waals surface area contributed by atoms with Crippen LogP contribution >= 0.6 is 11.6 Å². The number of carbonyl (C=O) groups excluding carboxylic acids is 1. The second-order valence-electron chi connectivity index (χ2n) is 5.11. The molecule has 8 heteroatoms. The zero-order valence-electron chi connectivity index (χ0n) is 14.7. The monoisotopic (exact) mass is 387 g/mol. The molecule has 0 unspecified atom stereocenters. The zero-order chi connectivity index (χ0) is 19.9. The van der Waals surface area contributed by atoms with Crippen LogP contribution in [0.4, 0.5) is 30.2 Å². The second kappa shape index (κ2) is 9.91. The topological polar surface area (TPSA) is 67.2 Å². The van der Waals surface area contributed by atoms with Gasteiger partial charge in [0.2, 0.25) is 0 Å². The summed E-state index contributed by atoms with van der Waals surface area (Å²) in [4.78, 5) is 12.4. The Morgan fingerprint density at radius 1 is 1.23 bits per heavy atom. The van der Waals surface area contributed by atoms with Crippen LogP contribution in [0.25, 0.3) is 0 Å². The molecule has 0 heterocycles. The molecule has 4 nitrogen and oxygen atoms in total. The first-order valence-corrected chi connectivity index (χ1v) is 8.34. The van der Waals surface area contributed by atoms with Crippen LogP contribution in [0.15, 0.2) is 30.3 Å². The van der Waals surface area contributed by atoms with Crippen molar-refractivity contribution in [2.75, 3.05) is 22.9 Å².